The maximum atomic E-state index is 12.5. The summed E-state index contributed by atoms with van der Waals surface area (Å²) in [6.07, 6.45) is 3.16. The smallest absolute Gasteiger partial charge is 0.256 e. The number of hydrogen-bond donors (Lipinski definition) is 2. The van der Waals surface area contributed by atoms with Crippen molar-refractivity contribution < 1.29 is 19.1 Å². The summed E-state index contributed by atoms with van der Waals surface area (Å²) in [7, 11) is 0. The van der Waals surface area contributed by atoms with Crippen molar-refractivity contribution in [2.24, 2.45) is 0 Å². The van der Waals surface area contributed by atoms with Crippen LogP contribution in [0.2, 0.25) is 0 Å². The lowest BCUT2D eigenvalue weighted by atomic mass is 9.99. The molecule has 0 spiro atoms. The first-order valence-electron chi connectivity index (χ1n) is 7.77. The largest absolute Gasteiger partial charge is 0.507 e. The molecule has 2 N–H and O–H groups in total. The Kier molecular flexibility index (Phi) is 3.97. The number of carbonyl (C=O) groups is 2. The number of hydrogen-bond acceptors (Lipinski definition) is 4. The standard InChI is InChI=1S/C20H12BrNO4/c21-15-9-11(3-6-17(15)23)8-14-13-10-12(4-5-16(13)22-20(14)25)19(24)18-2-1-7-26-18/h1-10,23H,(H,22,25)/b14-8-. The fourth-order valence-corrected chi connectivity index (χ4v) is 3.20. The van der Waals surface area contributed by atoms with Gasteiger partial charge in [0.15, 0.2) is 5.76 Å². The first-order chi connectivity index (χ1) is 12.5. The van der Waals surface area contributed by atoms with E-state index in [2.05, 4.69) is 21.2 Å². The molecular weight excluding hydrogens is 398 g/mol. The molecule has 6 heteroatoms. The zero-order valence-electron chi connectivity index (χ0n) is 13.3. The quantitative estimate of drug-likeness (QED) is 0.493. The van der Waals surface area contributed by atoms with Gasteiger partial charge in [-0.2, -0.15) is 0 Å². The third kappa shape index (κ3) is 2.84. The summed E-state index contributed by atoms with van der Waals surface area (Å²) in [6, 6.07) is 13.3. The summed E-state index contributed by atoms with van der Waals surface area (Å²) in [4.78, 5) is 24.8. The number of ketones is 1. The third-order valence-corrected chi connectivity index (χ3v) is 4.73. The van der Waals surface area contributed by atoms with Gasteiger partial charge in [-0.25, -0.2) is 0 Å². The van der Waals surface area contributed by atoms with E-state index in [1.54, 1.807) is 54.6 Å². The predicted octanol–water partition coefficient (Wildman–Crippen LogP) is 4.47. The maximum Gasteiger partial charge on any atom is 0.256 e. The molecule has 0 aliphatic carbocycles. The molecule has 0 saturated heterocycles. The number of phenols is 1. The zero-order chi connectivity index (χ0) is 18.3. The highest BCUT2D eigenvalue weighted by Gasteiger charge is 2.26. The zero-order valence-corrected chi connectivity index (χ0v) is 14.9. The van der Waals surface area contributed by atoms with Crippen molar-refractivity contribution in [1.82, 2.24) is 0 Å². The Morgan fingerprint density at radius 3 is 2.73 bits per heavy atom. The number of amides is 1. The summed E-state index contributed by atoms with van der Waals surface area (Å²) in [6.45, 7) is 0. The molecule has 1 aromatic heterocycles. The van der Waals surface area contributed by atoms with Gasteiger partial charge in [-0.1, -0.05) is 6.07 Å². The van der Waals surface area contributed by atoms with Gasteiger partial charge in [0.25, 0.3) is 5.91 Å². The fourth-order valence-electron chi connectivity index (χ4n) is 2.80. The van der Waals surface area contributed by atoms with Gasteiger partial charge in [0.2, 0.25) is 5.78 Å². The van der Waals surface area contributed by atoms with Gasteiger partial charge in [0.1, 0.15) is 5.75 Å². The molecule has 26 heavy (non-hydrogen) atoms. The van der Waals surface area contributed by atoms with E-state index in [0.717, 1.165) is 5.56 Å². The third-order valence-electron chi connectivity index (χ3n) is 4.09. The Hall–Kier alpha value is -3.12. The number of benzene rings is 2. The van der Waals surface area contributed by atoms with Crippen LogP contribution in [0, 0.1) is 0 Å². The number of fused-ring (bicyclic) bond motifs is 1. The lowest BCUT2D eigenvalue weighted by molar-refractivity contribution is -0.110. The number of carbonyl (C=O) groups excluding carboxylic acids is 2. The van der Waals surface area contributed by atoms with E-state index in [1.165, 1.54) is 6.26 Å². The van der Waals surface area contributed by atoms with Gasteiger partial charge in [0, 0.05) is 22.4 Å². The SMILES string of the molecule is O=C1Nc2ccc(C(=O)c3ccco3)cc2/C1=C/c1ccc(O)c(Br)c1. The number of aromatic hydroxyl groups is 1. The second kappa shape index (κ2) is 6.31. The summed E-state index contributed by atoms with van der Waals surface area (Å²) in [5, 5.41) is 12.4. The van der Waals surface area contributed by atoms with Gasteiger partial charge in [-0.05, 0) is 70.0 Å². The summed E-state index contributed by atoms with van der Waals surface area (Å²) in [5.41, 5.74) is 2.93. The number of rotatable bonds is 3. The highest BCUT2D eigenvalue weighted by molar-refractivity contribution is 9.10. The summed E-state index contributed by atoms with van der Waals surface area (Å²) < 4.78 is 5.70. The van der Waals surface area contributed by atoms with E-state index >= 15 is 0 Å². The number of anilines is 1. The summed E-state index contributed by atoms with van der Waals surface area (Å²) in [5.74, 6) is -0.124. The van der Waals surface area contributed by atoms with Crippen molar-refractivity contribution in [2.75, 3.05) is 5.32 Å². The molecule has 2 heterocycles. The van der Waals surface area contributed by atoms with Crippen LogP contribution in [0.1, 0.15) is 27.2 Å². The molecule has 0 bridgehead atoms. The van der Waals surface area contributed by atoms with Crippen molar-refractivity contribution >= 4 is 45.0 Å². The molecule has 0 radical (unpaired) electrons. The van der Waals surface area contributed by atoms with E-state index in [-0.39, 0.29) is 23.2 Å². The van der Waals surface area contributed by atoms with E-state index in [0.29, 0.717) is 26.9 Å². The normalized spacial score (nSPS) is 14.3. The minimum atomic E-state index is -0.246. The molecule has 0 unspecified atom stereocenters. The Morgan fingerprint density at radius 2 is 2.00 bits per heavy atom. The van der Waals surface area contributed by atoms with Gasteiger partial charge in [-0.3, -0.25) is 9.59 Å². The van der Waals surface area contributed by atoms with Crippen molar-refractivity contribution in [3.63, 3.8) is 0 Å². The fraction of sp³-hybridized carbons (Fsp3) is 0. The molecule has 0 fully saturated rings. The Morgan fingerprint density at radius 1 is 1.15 bits per heavy atom. The lowest BCUT2D eigenvalue weighted by Gasteiger charge is -2.03. The summed E-state index contributed by atoms with van der Waals surface area (Å²) >= 11 is 3.26. The van der Waals surface area contributed by atoms with E-state index in [1.807, 2.05) is 0 Å². The number of phenolic OH excluding ortho intramolecular Hbond substituents is 1. The van der Waals surface area contributed by atoms with Crippen molar-refractivity contribution in [3.8, 4) is 5.75 Å². The van der Waals surface area contributed by atoms with Crippen LogP contribution in [-0.4, -0.2) is 16.8 Å². The van der Waals surface area contributed by atoms with Gasteiger partial charge >= 0.3 is 0 Å². The second-order valence-corrected chi connectivity index (χ2v) is 6.64. The molecule has 1 amide bonds. The van der Waals surface area contributed by atoms with Crippen LogP contribution in [0.4, 0.5) is 5.69 Å². The average molecular weight is 410 g/mol. The maximum absolute atomic E-state index is 12.5. The van der Waals surface area contributed by atoms with Crippen LogP contribution in [-0.2, 0) is 4.79 Å². The van der Waals surface area contributed by atoms with Crippen LogP contribution in [0.5, 0.6) is 5.75 Å². The van der Waals surface area contributed by atoms with Gasteiger partial charge < -0.3 is 14.8 Å². The van der Waals surface area contributed by atoms with Crippen molar-refractivity contribution in [3.05, 3.63) is 81.7 Å². The van der Waals surface area contributed by atoms with Gasteiger partial charge in [-0.15, -0.1) is 0 Å². The van der Waals surface area contributed by atoms with E-state index in [4.69, 9.17) is 4.42 Å². The molecule has 0 atom stereocenters. The highest BCUT2D eigenvalue weighted by Crippen LogP contribution is 2.35. The van der Waals surface area contributed by atoms with E-state index in [9.17, 15) is 14.7 Å². The Balaban J connectivity index is 1.77. The second-order valence-electron chi connectivity index (χ2n) is 5.79. The number of nitrogens with one attached hydrogen (secondary N) is 1. The molecule has 4 rings (SSSR count). The Labute approximate surface area is 157 Å². The Bertz CT molecular complexity index is 1070. The monoisotopic (exact) mass is 409 g/mol. The number of furan rings is 1. The number of halogens is 1. The molecule has 1 aliphatic rings. The molecule has 2 aromatic carbocycles. The molecule has 5 nitrogen and oxygen atoms in total. The molecule has 0 saturated carbocycles. The van der Waals surface area contributed by atoms with Crippen LogP contribution in [0.15, 0.2) is 63.7 Å². The topological polar surface area (TPSA) is 79.5 Å². The van der Waals surface area contributed by atoms with E-state index < -0.39 is 0 Å². The first kappa shape index (κ1) is 16.4. The highest BCUT2D eigenvalue weighted by atomic mass is 79.9. The first-order valence-corrected chi connectivity index (χ1v) is 8.56. The van der Waals surface area contributed by atoms with Crippen LogP contribution in [0.3, 0.4) is 0 Å². The minimum absolute atomic E-state index is 0.120. The van der Waals surface area contributed by atoms with Crippen molar-refractivity contribution in [1.29, 1.82) is 0 Å². The predicted molar refractivity (Wildman–Crippen MR) is 101 cm³/mol. The minimum Gasteiger partial charge on any atom is -0.507 e. The molecular formula is C20H12BrNO4. The molecule has 1 aliphatic heterocycles. The van der Waals surface area contributed by atoms with Crippen LogP contribution < -0.4 is 5.32 Å². The van der Waals surface area contributed by atoms with Crippen LogP contribution in [0.25, 0.3) is 11.6 Å². The average Bonchev–Trinajstić information content (AvgIpc) is 3.26. The molecule has 3 aromatic rings. The van der Waals surface area contributed by atoms with Gasteiger partial charge in [0.05, 0.1) is 10.7 Å². The molecule has 128 valence electrons. The van der Waals surface area contributed by atoms with Crippen LogP contribution >= 0.6 is 15.9 Å². The lowest BCUT2D eigenvalue weighted by Crippen LogP contribution is -2.03. The van der Waals surface area contributed by atoms with Crippen molar-refractivity contribution in [2.45, 2.75) is 0 Å².